The first-order valence-corrected chi connectivity index (χ1v) is 25.8. The Kier molecular flexibility index (Phi) is 35.7. The fourth-order valence-electron chi connectivity index (χ4n) is 7.30. The molecule has 14 heteroatoms. The highest BCUT2D eigenvalue weighted by Crippen LogP contribution is 2.47. The van der Waals surface area contributed by atoms with E-state index in [0.717, 1.165) is 70.6 Å². The van der Waals surface area contributed by atoms with E-state index in [1.165, 1.54) is 76.7 Å². The van der Waals surface area contributed by atoms with Gasteiger partial charge < -0.3 is 46.0 Å². The maximum absolute atomic E-state index is 13.0. The van der Waals surface area contributed by atoms with Gasteiger partial charge in [-0.05, 0) is 77.0 Å². The lowest BCUT2D eigenvalue weighted by Gasteiger charge is -2.41. The molecule has 63 heavy (non-hydrogen) atoms. The SMILES string of the molecule is CCCCC/C=C\C/C=C\CCCCCCCC(O)CC(=O)NC(COP(=O)(O)OC1C(O)C(O)C(O)C(O)C1O)C(O)/C=C/CC/C=C/CC/C=C/CCCCCCCCCC. The summed E-state index contributed by atoms with van der Waals surface area (Å²) >= 11 is 0. The molecule has 0 aromatic carbocycles. The van der Waals surface area contributed by atoms with Gasteiger partial charge >= 0.3 is 7.82 Å². The van der Waals surface area contributed by atoms with Gasteiger partial charge in [-0.25, -0.2) is 4.57 Å². The van der Waals surface area contributed by atoms with Crippen LogP contribution in [0.4, 0.5) is 0 Å². The van der Waals surface area contributed by atoms with Crippen LogP contribution in [0.15, 0.2) is 60.8 Å². The van der Waals surface area contributed by atoms with Crippen molar-refractivity contribution in [3.8, 4) is 0 Å². The fraction of sp³-hybridized carbons (Fsp3) is 0.776. The monoisotopic (exact) mass is 914 g/mol. The van der Waals surface area contributed by atoms with Crippen LogP contribution in [0, 0.1) is 0 Å². The molecule has 1 saturated carbocycles. The molecule has 0 aromatic heterocycles. The number of rotatable bonds is 39. The van der Waals surface area contributed by atoms with Gasteiger partial charge in [0.25, 0.3) is 0 Å². The standard InChI is InChI=1S/C49H88NO12P/c1-3-5-7-9-11-13-15-17-19-20-21-23-25-27-29-31-33-35-37-42(52)41(39-61-63(59,60)62-49-47(57)45(55)44(54)46(56)48(49)58)50-43(53)38-40(51)36-34-32-30-28-26-24-22-18-16-14-12-10-8-6-4-2/h12,14,18,20-22,27,29,35,37,40-42,44-49,51-52,54-58H,3-11,13,15-17,19,23-26,28,30-34,36,38-39H2,1-2H3,(H,50,53)(H,59,60)/b14-12-,21-20+,22-18-,29-27+,37-35+. The maximum atomic E-state index is 13.0. The largest absolute Gasteiger partial charge is 0.472 e. The zero-order valence-electron chi connectivity index (χ0n) is 38.7. The zero-order valence-corrected chi connectivity index (χ0v) is 39.6. The lowest BCUT2D eigenvalue weighted by Crippen LogP contribution is -2.64. The summed E-state index contributed by atoms with van der Waals surface area (Å²) in [5.74, 6) is -0.618. The first-order chi connectivity index (χ1) is 30.3. The summed E-state index contributed by atoms with van der Waals surface area (Å²) < 4.78 is 22.9. The van der Waals surface area contributed by atoms with Crippen LogP contribution in [0.1, 0.15) is 181 Å². The van der Waals surface area contributed by atoms with Crippen molar-refractivity contribution in [3.05, 3.63) is 60.8 Å². The van der Waals surface area contributed by atoms with E-state index in [9.17, 15) is 50.0 Å². The molecule has 0 spiro atoms. The number of phosphoric acid groups is 1. The van der Waals surface area contributed by atoms with Gasteiger partial charge in [-0.2, -0.15) is 0 Å². The number of allylic oxidation sites excluding steroid dienone is 9. The normalized spacial score (nSPS) is 23.4. The van der Waals surface area contributed by atoms with Gasteiger partial charge in [-0.15, -0.1) is 0 Å². The molecule has 9 N–H and O–H groups in total. The van der Waals surface area contributed by atoms with Crippen LogP contribution in [0.3, 0.4) is 0 Å². The molecule has 0 saturated heterocycles. The number of carbonyl (C=O) groups excluding carboxylic acids is 1. The summed E-state index contributed by atoms with van der Waals surface area (Å²) in [5, 5.41) is 74.5. The molecule has 1 aliphatic carbocycles. The Balaban J connectivity index is 2.59. The van der Waals surface area contributed by atoms with E-state index in [-0.39, 0.29) is 6.42 Å². The predicted molar refractivity (Wildman–Crippen MR) is 252 cm³/mol. The topological polar surface area (TPSA) is 226 Å². The van der Waals surface area contributed by atoms with Crippen molar-refractivity contribution < 1.29 is 59.0 Å². The van der Waals surface area contributed by atoms with Crippen molar-refractivity contribution >= 4 is 13.7 Å². The van der Waals surface area contributed by atoms with Gasteiger partial charge in [-0.1, -0.05) is 158 Å². The van der Waals surface area contributed by atoms with E-state index in [1.54, 1.807) is 6.08 Å². The van der Waals surface area contributed by atoms with Gasteiger partial charge in [0, 0.05) is 0 Å². The minimum atomic E-state index is -5.16. The molecule has 0 bridgehead atoms. The molecule has 1 amide bonds. The van der Waals surface area contributed by atoms with E-state index in [4.69, 9.17) is 9.05 Å². The third-order valence-electron chi connectivity index (χ3n) is 11.3. The van der Waals surface area contributed by atoms with Crippen LogP contribution in [-0.4, -0.2) is 108 Å². The summed E-state index contributed by atoms with van der Waals surface area (Å²) in [6.45, 7) is 3.69. The van der Waals surface area contributed by atoms with E-state index >= 15 is 0 Å². The number of aliphatic hydroxyl groups is 7. The number of amides is 1. The zero-order chi connectivity index (χ0) is 46.6. The van der Waals surface area contributed by atoms with Crippen molar-refractivity contribution in [2.45, 2.75) is 236 Å². The van der Waals surface area contributed by atoms with Gasteiger partial charge in [-0.3, -0.25) is 13.8 Å². The third kappa shape index (κ3) is 30.0. The van der Waals surface area contributed by atoms with Crippen molar-refractivity contribution in [1.82, 2.24) is 5.32 Å². The van der Waals surface area contributed by atoms with Crippen LogP contribution in [0.2, 0.25) is 0 Å². The molecule has 8 unspecified atom stereocenters. The second-order valence-electron chi connectivity index (χ2n) is 17.1. The summed E-state index contributed by atoms with van der Waals surface area (Å²) in [6, 6.07) is -1.27. The number of unbranched alkanes of at least 4 members (excludes halogenated alkanes) is 18. The van der Waals surface area contributed by atoms with Crippen LogP contribution in [-0.2, 0) is 18.4 Å². The Hall–Kier alpha value is -2.00. The van der Waals surface area contributed by atoms with Crippen molar-refractivity contribution in [3.63, 3.8) is 0 Å². The average Bonchev–Trinajstić information content (AvgIpc) is 3.26. The number of nitrogens with one attached hydrogen (secondary N) is 1. The minimum absolute atomic E-state index is 0.268. The molecule has 8 atom stereocenters. The number of carbonyl (C=O) groups is 1. The lowest BCUT2D eigenvalue weighted by atomic mass is 9.85. The summed E-state index contributed by atoms with van der Waals surface area (Å²) in [4.78, 5) is 23.5. The molecule has 0 heterocycles. The molecular formula is C49H88NO12P. The number of hydrogen-bond acceptors (Lipinski definition) is 11. The van der Waals surface area contributed by atoms with Crippen LogP contribution in [0.5, 0.6) is 0 Å². The van der Waals surface area contributed by atoms with Crippen molar-refractivity contribution in [2.75, 3.05) is 6.61 Å². The van der Waals surface area contributed by atoms with Gasteiger partial charge in [0.15, 0.2) is 0 Å². The van der Waals surface area contributed by atoms with Gasteiger partial charge in [0.2, 0.25) is 5.91 Å². The Bertz CT molecular complexity index is 1310. The maximum Gasteiger partial charge on any atom is 0.472 e. The summed E-state index contributed by atoms with van der Waals surface area (Å²) in [6.07, 6.45) is 33.0. The molecule has 0 radical (unpaired) electrons. The van der Waals surface area contributed by atoms with E-state index < -0.39 is 75.2 Å². The molecule has 0 aromatic rings. The minimum Gasteiger partial charge on any atom is -0.393 e. The highest BCUT2D eigenvalue weighted by Gasteiger charge is 2.51. The molecule has 366 valence electrons. The first-order valence-electron chi connectivity index (χ1n) is 24.3. The van der Waals surface area contributed by atoms with E-state index in [2.05, 4.69) is 67.8 Å². The molecule has 1 fully saturated rings. The highest BCUT2D eigenvalue weighted by atomic mass is 31.2. The van der Waals surface area contributed by atoms with Gasteiger partial charge in [0.05, 0.1) is 31.3 Å². The summed E-state index contributed by atoms with van der Waals surface area (Å²) in [5.41, 5.74) is 0. The van der Waals surface area contributed by atoms with E-state index in [0.29, 0.717) is 19.3 Å². The predicted octanol–water partition coefficient (Wildman–Crippen LogP) is 8.48. The Morgan fingerprint density at radius 1 is 0.571 bits per heavy atom. The summed E-state index contributed by atoms with van der Waals surface area (Å²) in [7, 11) is -5.16. The number of phosphoric ester groups is 1. The molecular weight excluding hydrogens is 826 g/mol. The van der Waals surface area contributed by atoms with Crippen molar-refractivity contribution in [2.24, 2.45) is 0 Å². The molecule has 1 aliphatic rings. The van der Waals surface area contributed by atoms with Crippen LogP contribution >= 0.6 is 7.82 Å². The quantitative estimate of drug-likeness (QED) is 0.0161. The molecule has 0 aliphatic heterocycles. The fourth-order valence-corrected chi connectivity index (χ4v) is 8.27. The average molecular weight is 914 g/mol. The second kappa shape index (κ2) is 38.1. The Morgan fingerprint density at radius 2 is 0.984 bits per heavy atom. The lowest BCUT2D eigenvalue weighted by molar-refractivity contribution is -0.220. The van der Waals surface area contributed by atoms with Gasteiger partial charge in [0.1, 0.15) is 36.6 Å². The number of aliphatic hydroxyl groups excluding tert-OH is 7. The highest BCUT2D eigenvalue weighted by molar-refractivity contribution is 7.47. The second-order valence-corrected chi connectivity index (χ2v) is 18.5. The smallest absolute Gasteiger partial charge is 0.393 e. The Labute approximate surface area is 380 Å². The molecule has 1 rings (SSSR count). The number of hydrogen-bond donors (Lipinski definition) is 9. The van der Waals surface area contributed by atoms with Crippen LogP contribution in [0.25, 0.3) is 0 Å². The van der Waals surface area contributed by atoms with E-state index in [1.807, 2.05) is 0 Å². The van der Waals surface area contributed by atoms with Crippen LogP contribution < -0.4 is 5.32 Å². The third-order valence-corrected chi connectivity index (χ3v) is 12.3. The van der Waals surface area contributed by atoms with Crippen molar-refractivity contribution in [1.29, 1.82) is 0 Å². The molecule has 13 nitrogen and oxygen atoms in total. The Morgan fingerprint density at radius 3 is 1.52 bits per heavy atom. The first kappa shape index (κ1) is 59.0.